The fourth-order valence-electron chi connectivity index (χ4n) is 2.25. The van der Waals surface area contributed by atoms with E-state index in [1.54, 1.807) is 30.3 Å². The highest BCUT2D eigenvalue weighted by Gasteiger charge is 2.09. The molecule has 0 atom stereocenters. The SMILES string of the molecule is CC(=O)Nc1ccc(NC(=O)c2cc(Nc3ccccc3)ncn2)cc1. The molecule has 0 saturated carbocycles. The number of benzene rings is 2. The number of aromatic nitrogens is 2. The van der Waals surface area contributed by atoms with Gasteiger partial charge in [0, 0.05) is 30.1 Å². The quantitative estimate of drug-likeness (QED) is 0.657. The van der Waals surface area contributed by atoms with Crippen LogP contribution in [0.2, 0.25) is 0 Å². The highest BCUT2D eigenvalue weighted by atomic mass is 16.2. The molecule has 0 radical (unpaired) electrons. The van der Waals surface area contributed by atoms with E-state index < -0.39 is 0 Å². The van der Waals surface area contributed by atoms with E-state index in [4.69, 9.17) is 0 Å². The van der Waals surface area contributed by atoms with Crippen molar-refractivity contribution in [2.24, 2.45) is 0 Å². The molecule has 3 N–H and O–H groups in total. The third kappa shape index (κ3) is 4.64. The van der Waals surface area contributed by atoms with Crippen LogP contribution in [0.4, 0.5) is 22.9 Å². The summed E-state index contributed by atoms with van der Waals surface area (Å²) < 4.78 is 0. The molecule has 1 aromatic heterocycles. The molecule has 3 aromatic rings. The molecule has 0 spiro atoms. The first kappa shape index (κ1) is 17.1. The largest absolute Gasteiger partial charge is 0.340 e. The van der Waals surface area contributed by atoms with Crippen LogP contribution in [0, 0.1) is 0 Å². The number of hydrogen-bond donors (Lipinski definition) is 3. The average molecular weight is 347 g/mol. The maximum atomic E-state index is 12.4. The van der Waals surface area contributed by atoms with Gasteiger partial charge < -0.3 is 16.0 Å². The number of amides is 2. The van der Waals surface area contributed by atoms with Crippen LogP contribution in [0.25, 0.3) is 0 Å². The molecule has 0 unspecified atom stereocenters. The van der Waals surface area contributed by atoms with Gasteiger partial charge in [-0.15, -0.1) is 0 Å². The third-order valence-corrected chi connectivity index (χ3v) is 3.41. The average Bonchev–Trinajstić information content (AvgIpc) is 2.64. The summed E-state index contributed by atoms with van der Waals surface area (Å²) in [6.45, 7) is 1.44. The van der Waals surface area contributed by atoms with Gasteiger partial charge in [-0.05, 0) is 36.4 Å². The molecule has 0 bridgehead atoms. The van der Waals surface area contributed by atoms with E-state index in [2.05, 4.69) is 25.9 Å². The van der Waals surface area contributed by atoms with Crippen molar-refractivity contribution in [1.29, 1.82) is 0 Å². The number of carbonyl (C=O) groups is 2. The first-order valence-electron chi connectivity index (χ1n) is 7.93. The van der Waals surface area contributed by atoms with Crippen molar-refractivity contribution >= 4 is 34.7 Å². The molecule has 2 amide bonds. The summed E-state index contributed by atoms with van der Waals surface area (Å²) in [5.41, 5.74) is 2.36. The van der Waals surface area contributed by atoms with Crippen molar-refractivity contribution in [1.82, 2.24) is 9.97 Å². The molecule has 7 nitrogen and oxygen atoms in total. The number of anilines is 4. The van der Waals surface area contributed by atoms with Gasteiger partial charge in [0.2, 0.25) is 5.91 Å². The maximum absolute atomic E-state index is 12.4. The molecule has 130 valence electrons. The molecule has 0 aliphatic heterocycles. The van der Waals surface area contributed by atoms with Crippen molar-refractivity contribution in [3.63, 3.8) is 0 Å². The number of rotatable bonds is 5. The Labute approximate surface area is 150 Å². The van der Waals surface area contributed by atoms with Crippen LogP contribution in [-0.2, 0) is 4.79 Å². The smallest absolute Gasteiger partial charge is 0.274 e. The maximum Gasteiger partial charge on any atom is 0.274 e. The zero-order chi connectivity index (χ0) is 18.4. The number of carbonyl (C=O) groups excluding carboxylic acids is 2. The molecule has 3 rings (SSSR count). The molecule has 7 heteroatoms. The zero-order valence-electron chi connectivity index (χ0n) is 14.1. The van der Waals surface area contributed by atoms with Gasteiger partial charge in [0.25, 0.3) is 5.91 Å². The lowest BCUT2D eigenvalue weighted by molar-refractivity contribution is -0.114. The minimum Gasteiger partial charge on any atom is -0.340 e. The lowest BCUT2D eigenvalue weighted by Crippen LogP contribution is -2.14. The second-order valence-corrected chi connectivity index (χ2v) is 5.49. The highest BCUT2D eigenvalue weighted by Crippen LogP contribution is 2.16. The molecular weight excluding hydrogens is 330 g/mol. The van der Waals surface area contributed by atoms with Crippen LogP contribution in [0.3, 0.4) is 0 Å². The van der Waals surface area contributed by atoms with Gasteiger partial charge in [-0.2, -0.15) is 0 Å². The lowest BCUT2D eigenvalue weighted by atomic mass is 10.2. The highest BCUT2D eigenvalue weighted by molar-refractivity contribution is 6.03. The summed E-state index contributed by atoms with van der Waals surface area (Å²) in [7, 11) is 0. The zero-order valence-corrected chi connectivity index (χ0v) is 14.1. The molecule has 1 heterocycles. The number of nitrogens with one attached hydrogen (secondary N) is 3. The first-order chi connectivity index (χ1) is 12.6. The Balaban J connectivity index is 1.68. The number of nitrogens with zero attached hydrogens (tertiary/aromatic N) is 2. The second-order valence-electron chi connectivity index (χ2n) is 5.49. The summed E-state index contributed by atoms with van der Waals surface area (Å²) in [5, 5.41) is 8.54. The van der Waals surface area contributed by atoms with Gasteiger partial charge in [-0.3, -0.25) is 9.59 Å². The Morgan fingerprint density at radius 1 is 0.808 bits per heavy atom. The Kier molecular flexibility index (Phi) is 5.19. The minimum absolute atomic E-state index is 0.152. The summed E-state index contributed by atoms with van der Waals surface area (Å²) in [5.74, 6) is 0.0226. The summed E-state index contributed by atoms with van der Waals surface area (Å²) in [6.07, 6.45) is 1.33. The number of para-hydroxylation sites is 1. The Hall–Kier alpha value is -3.74. The van der Waals surface area contributed by atoms with Gasteiger partial charge in [-0.25, -0.2) is 9.97 Å². The van der Waals surface area contributed by atoms with Crippen LogP contribution < -0.4 is 16.0 Å². The second kappa shape index (κ2) is 7.89. The van der Waals surface area contributed by atoms with Crippen molar-refractivity contribution < 1.29 is 9.59 Å². The van der Waals surface area contributed by atoms with Gasteiger partial charge in [0.1, 0.15) is 17.8 Å². The van der Waals surface area contributed by atoms with E-state index in [9.17, 15) is 9.59 Å². The molecular formula is C19H17N5O2. The monoisotopic (exact) mass is 347 g/mol. The van der Waals surface area contributed by atoms with Gasteiger partial charge in [0.05, 0.1) is 0 Å². The summed E-state index contributed by atoms with van der Waals surface area (Å²) >= 11 is 0. The summed E-state index contributed by atoms with van der Waals surface area (Å²) in [6, 6.07) is 17.9. The van der Waals surface area contributed by atoms with E-state index in [0.717, 1.165) is 5.69 Å². The van der Waals surface area contributed by atoms with Gasteiger partial charge >= 0.3 is 0 Å². The van der Waals surface area contributed by atoms with E-state index in [-0.39, 0.29) is 17.5 Å². The van der Waals surface area contributed by atoms with E-state index in [1.165, 1.54) is 13.3 Å². The van der Waals surface area contributed by atoms with Crippen molar-refractivity contribution in [2.75, 3.05) is 16.0 Å². The van der Waals surface area contributed by atoms with Gasteiger partial charge in [-0.1, -0.05) is 18.2 Å². The van der Waals surface area contributed by atoms with Crippen molar-refractivity contribution in [2.45, 2.75) is 6.92 Å². The van der Waals surface area contributed by atoms with Crippen molar-refractivity contribution in [3.8, 4) is 0 Å². The minimum atomic E-state index is -0.351. The van der Waals surface area contributed by atoms with Crippen LogP contribution in [0.15, 0.2) is 67.0 Å². The summed E-state index contributed by atoms with van der Waals surface area (Å²) in [4.78, 5) is 31.5. The lowest BCUT2D eigenvalue weighted by Gasteiger charge is -2.08. The van der Waals surface area contributed by atoms with Crippen LogP contribution in [0.5, 0.6) is 0 Å². The first-order valence-corrected chi connectivity index (χ1v) is 7.93. The third-order valence-electron chi connectivity index (χ3n) is 3.41. The Morgan fingerprint density at radius 3 is 2.12 bits per heavy atom. The standard InChI is InChI=1S/C19H17N5O2/c1-13(25)22-15-7-9-16(10-8-15)24-19(26)17-11-18(21-12-20-17)23-14-5-3-2-4-6-14/h2-12H,1H3,(H,22,25)(H,24,26)(H,20,21,23). The predicted molar refractivity (Wildman–Crippen MR) is 100 cm³/mol. The van der Waals surface area contributed by atoms with Crippen LogP contribution in [-0.4, -0.2) is 21.8 Å². The van der Waals surface area contributed by atoms with Crippen LogP contribution >= 0.6 is 0 Å². The molecule has 0 saturated heterocycles. The molecule has 2 aromatic carbocycles. The van der Waals surface area contributed by atoms with Crippen LogP contribution in [0.1, 0.15) is 17.4 Å². The fraction of sp³-hybridized carbons (Fsp3) is 0.0526. The molecule has 0 aliphatic carbocycles. The molecule has 0 fully saturated rings. The van der Waals surface area contributed by atoms with E-state index in [1.807, 2.05) is 30.3 Å². The fourth-order valence-corrected chi connectivity index (χ4v) is 2.25. The molecule has 0 aliphatic rings. The topological polar surface area (TPSA) is 96.0 Å². The Bertz CT molecular complexity index is 911. The predicted octanol–water partition coefficient (Wildman–Crippen LogP) is 3.43. The van der Waals surface area contributed by atoms with Crippen molar-refractivity contribution in [3.05, 3.63) is 72.7 Å². The van der Waals surface area contributed by atoms with E-state index >= 15 is 0 Å². The molecule has 26 heavy (non-hydrogen) atoms. The van der Waals surface area contributed by atoms with E-state index in [0.29, 0.717) is 17.2 Å². The Morgan fingerprint density at radius 2 is 1.46 bits per heavy atom. The normalized spacial score (nSPS) is 10.0. The number of hydrogen-bond acceptors (Lipinski definition) is 5. The van der Waals surface area contributed by atoms with Gasteiger partial charge in [0.15, 0.2) is 0 Å².